The fourth-order valence-corrected chi connectivity index (χ4v) is 2.58. The summed E-state index contributed by atoms with van der Waals surface area (Å²) in [6, 6.07) is 5.71. The number of amidine groups is 1. The highest BCUT2D eigenvalue weighted by atomic mass is 16.3. The van der Waals surface area contributed by atoms with Crippen LogP contribution in [0.2, 0.25) is 0 Å². The molecule has 7 heteroatoms. The molecule has 1 heterocycles. The topological polar surface area (TPSA) is 108 Å². The molecule has 0 bridgehead atoms. The number of carbonyl (C=O) groups excluding carboxylic acids is 2. The number of aliphatic imine (C=N–C) groups is 1. The number of hydrogen-bond acceptors (Lipinski definition) is 6. The van der Waals surface area contributed by atoms with Crippen LogP contribution in [0.4, 0.5) is 5.69 Å². The first-order valence-corrected chi connectivity index (χ1v) is 9.25. The van der Waals surface area contributed by atoms with Crippen LogP contribution >= 0.6 is 0 Å². The van der Waals surface area contributed by atoms with Gasteiger partial charge >= 0.3 is 0 Å². The van der Waals surface area contributed by atoms with Crippen LogP contribution in [0.1, 0.15) is 52.7 Å². The molecule has 1 aliphatic rings. The Balaban J connectivity index is 0.00000171. The fraction of sp³-hybridized carbons (Fsp3) is 0.476. The smallest absolute Gasteiger partial charge is 0.240 e. The second kappa shape index (κ2) is 11.2. The molecule has 7 nitrogen and oxygen atoms in total. The highest BCUT2D eigenvalue weighted by Gasteiger charge is 2.25. The van der Waals surface area contributed by atoms with E-state index < -0.39 is 6.23 Å². The number of amides is 1. The third-order valence-corrected chi connectivity index (χ3v) is 3.64. The minimum atomic E-state index is -0.927. The molecule has 1 atom stereocenters. The number of aliphatic hydroxyl groups is 1. The summed E-state index contributed by atoms with van der Waals surface area (Å²) in [5, 5.41) is 13.3. The summed E-state index contributed by atoms with van der Waals surface area (Å²) in [5.74, 6) is 0.409. The Hall–Kier alpha value is -2.67. The fourth-order valence-electron chi connectivity index (χ4n) is 2.58. The lowest BCUT2D eigenvalue weighted by Crippen LogP contribution is -2.50. The number of aryl methyl sites for hydroxylation is 1. The third-order valence-electron chi connectivity index (χ3n) is 3.64. The minimum Gasteiger partial charge on any atom is -0.398 e. The maximum atomic E-state index is 12.1. The Morgan fingerprint density at radius 3 is 2.32 bits per heavy atom. The second-order valence-electron chi connectivity index (χ2n) is 7.14. The predicted molar refractivity (Wildman–Crippen MR) is 116 cm³/mol. The van der Waals surface area contributed by atoms with Crippen molar-refractivity contribution in [2.24, 2.45) is 4.99 Å². The van der Waals surface area contributed by atoms with E-state index in [0.29, 0.717) is 17.2 Å². The van der Waals surface area contributed by atoms with Gasteiger partial charge in [-0.3, -0.25) is 4.79 Å². The monoisotopic (exact) mass is 390 g/mol. The summed E-state index contributed by atoms with van der Waals surface area (Å²) in [7, 11) is 0. The zero-order valence-electron chi connectivity index (χ0n) is 18.0. The molecule has 2 rings (SSSR count). The lowest BCUT2D eigenvalue weighted by atomic mass is 10.1. The summed E-state index contributed by atoms with van der Waals surface area (Å²) < 4.78 is 0. The molecule has 4 N–H and O–H groups in total. The Morgan fingerprint density at radius 2 is 1.86 bits per heavy atom. The van der Waals surface area contributed by atoms with Crippen LogP contribution in [0.25, 0.3) is 5.70 Å². The Labute approximate surface area is 168 Å². The number of hydrogen-bond donors (Lipinski definition) is 3. The van der Waals surface area contributed by atoms with E-state index in [-0.39, 0.29) is 18.0 Å². The van der Waals surface area contributed by atoms with Crippen molar-refractivity contribution < 1.29 is 14.7 Å². The summed E-state index contributed by atoms with van der Waals surface area (Å²) >= 11 is 0. The van der Waals surface area contributed by atoms with Crippen LogP contribution < -0.4 is 11.1 Å². The molecule has 0 saturated heterocycles. The normalized spacial score (nSPS) is 15.9. The maximum Gasteiger partial charge on any atom is 0.240 e. The molecule has 0 radical (unpaired) electrons. The van der Waals surface area contributed by atoms with Gasteiger partial charge in [-0.25, -0.2) is 4.99 Å². The number of nitrogen functional groups attached to an aromatic ring is 1. The van der Waals surface area contributed by atoms with Crippen molar-refractivity contribution in [3.05, 3.63) is 35.4 Å². The van der Waals surface area contributed by atoms with Gasteiger partial charge in [-0.05, 0) is 52.3 Å². The van der Waals surface area contributed by atoms with E-state index in [9.17, 15) is 9.90 Å². The van der Waals surface area contributed by atoms with Crippen LogP contribution in [0.3, 0.4) is 0 Å². The number of aliphatic hydroxyl groups excluding tert-OH is 1. The van der Waals surface area contributed by atoms with Crippen molar-refractivity contribution in [3.8, 4) is 0 Å². The molecule has 0 fully saturated rings. The van der Waals surface area contributed by atoms with Gasteiger partial charge in [0.1, 0.15) is 25.4 Å². The molecule has 1 aromatic rings. The van der Waals surface area contributed by atoms with Gasteiger partial charge < -0.3 is 25.9 Å². The molecule has 28 heavy (non-hydrogen) atoms. The SMILES string of the molecule is C=O.CC.CC1=NC(c2ccc(C)cc2N)=CC(O)N1CC(=O)NC(C)(C)C. The van der Waals surface area contributed by atoms with Crippen LogP contribution in [-0.2, 0) is 9.59 Å². The van der Waals surface area contributed by atoms with Gasteiger partial charge in [-0.1, -0.05) is 26.0 Å². The maximum absolute atomic E-state index is 12.1. The van der Waals surface area contributed by atoms with E-state index in [1.165, 1.54) is 0 Å². The lowest BCUT2D eigenvalue weighted by molar-refractivity contribution is -0.124. The van der Waals surface area contributed by atoms with E-state index in [0.717, 1.165) is 11.1 Å². The molecule has 1 amide bonds. The lowest BCUT2D eigenvalue weighted by Gasteiger charge is -2.32. The van der Waals surface area contributed by atoms with Crippen molar-refractivity contribution in [1.29, 1.82) is 0 Å². The van der Waals surface area contributed by atoms with Crippen molar-refractivity contribution >= 4 is 29.9 Å². The Kier molecular flexibility index (Phi) is 10.2. The average molecular weight is 391 g/mol. The summed E-state index contributed by atoms with van der Waals surface area (Å²) in [6.45, 7) is 15.5. The molecular formula is C21H34N4O3. The molecule has 0 aliphatic carbocycles. The molecule has 0 spiro atoms. The molecular weight excluding hydrogens is 356 g/mol. The Morgan fingerprint density at radius 1 is 1.29 bits per heavy atom. The minimum absolute atomic E-state index is 0.0426. The van der Waals surface area contributed by atoms with E-state index in [2.05, 4.69) is 10.3 Å². The van der Waals surface area contributed by atoms with E-state index in [1.807, 2.05) is 66.5 Å². The number of rotatable bonds is 3. The van der Waals surface area contributed by atoms with Gasteiger partial charge in [-0.15, -0.1) is 0 Å². The standard InChI is InChI=1S/C18H26N4O2.C2H6.CH2O/c1-11-6-7-13(14(19)8-11)15-9-17(24)22(12(2)20-15)10-16(23)21-18(3,4)5;2*1-2/h6-9,17,24H,10,19H2,1-5H3,(H,21,23);1-2H3;1H2. The number of carbonyl (C=O) groups is 2. The van der Waals surface area contributed by atoms with Gasteiger partial charge in [0.05, 0.1) is 5.70 Å². The van der Waals surface area contributed by atoms with Crippen molar-refractivity contribution in [2.45, 2.75) is 60.2 Å². The first-order valence-electron chi connectivity index (χ1n) is 9.25. The van der Waals surface area contributed by atoms with Crippen LogP contribution in [0, 0.1) is 6.92 Å². The number of nitrogens with one attached hydrogen (secondary N) is 1. The number of benzene rings is 1. The molecule has 0 aromatic heterocycles. The first kappa shape index (κ1) is 25.3. The first-order chi connectivity index (χ1) is 13.1. The van der Waals surface area contributed by atoms with E-state index >= 15 is 0 Å². The van der Waals surface area contributed by atoms with Gasteiger partial charge in [-0.2, -0.15) is 0 Å². The van der Waals surface area contributed by atoms with Crippen molar-refractivity contribution in [1.82, 2.24) is 10.2 Å². The largest absolute Gasteiger partial charge is 0.398 e. The molecule has 1 aliphatic heterocycles. The van der Waals surface area contributed by atoms with Gasteiger partial charge in [0.25, 0.3) is 0 Å². The van der Waals surface area contributed by atoms with Crippen LogP contribution in [0.5, 0.6) is 0 Å². The number of anilines is 1. The quantitative estimate of drug-likeness (QED) is 0.688. The molecule has 156 valence electrons. The average Bonchev–Trinajstić information content (AvgIpc) is 2.60. The third kappa shape index (κ3) is 7.52. The molecule has 0 saturated carbocycles. The van der Waals surface area contributed by atoms with Crippen molar-refractivity contribution in [2.75, 3.05) is 12.3 Å². The van der Waals surface area contributed by atoms with E-state index in [4.69, 9.17) is 10.5 Å². The zero-order valence-corrected chi connectivity index (χ0v) is 18.0. The molecule has 1 unspecified atom stereocenters. The number of nitrogens with zero attached hydrogens (tertiary/aromatic N) is 2. The van der Waals surface area contributed by atoms with Crippen LogP contribution in [-0.4, -0.2) is 46.8 Å². The summed E-state index contributed by atoms with van der Waals surface area (Å²) in [6.07, 6.45) is 0.683. The summed E-state index contributed by atoms with van der Waals surface area (Å²) in [4.78, 5) is 26.2. The Bertz CT molecular complexity index is 721. The van der Waals surface area contributed by atoms with Crippen molar-refractivity contribution in [3.63, 3.8) is 0 Å². The van der Waals surface area contributed by atoms with E-state index in [1.54, 1.807) is 17.9 Å². The van der Waals surface area contributed by atoms with Gasteiger partial charge in [0.2, 0.25) is 5.91 Å². The second-order valence-corrected chi connectivity index (χ2v) is 7.14. The number of nitrogens with two attached hydrogens (primary N) is 1. The predicted octanol–water partition coefficient (Wildman–Crippen LogP) is 2.73. The summed E-state index contributed by atoms with van der Waals surface area (Å²) in [5.41, 5.74) is 8.81. The zero-order chi connectivity index (χ0) is 22.1. The van der Waals surface area contributed by atoms with Gasteiger partial charge in [0.15, 0.2) is 0 Å². The highest BCUT2D eigenvalue weighted by Crippen LogP contribution is 2.27. The van der Waals surface area contributed by atoms with Gasteiger partial charge in [0, 0.05) is 16.8 Å². The molecule has 1 aromatic carbocycles. The highest BCUT2D eigenvalue weighted by molar-refractivity contribution is 5.93. The van der Waals surface area contributed by atoms with Crippen LogP contribution in [0.15, 0.2) is 29.3 Å².